The van der Waals surface area contributed by atoms with Crippen molar-refractivity contribution in [3.05, 3.63) is 12.2 Å². The quantitative estimate of drug-likeness (QED) is 0.796. The SMILES string of the molecule is Cn1cnnc1C1(C)CCCN(CC2CC2)C1. The van der Waals surface area contributed by atoms with Crippen LogP contribution in [0.25, 0.3) is 0 Å². The van der Waals surface area contributed by atoms with Crippen LogP contribution in [0.3, 0.4) is 0 Å². The van der Waals surface area contributed by atoms with Gasteiger partial charge in [-0.25, -0.2) is 0 Å². The molecule has 1 saturated carbocycles. The van der Waals surface area contributed by atoms with Crippen LogP contribution in [0.4, 0.5) is 0 Å². The molecular weight excluding hydrogens is 212 g/mol. The minimum Gasteiger partial charge on any atom is -0.320 e. The van der Waals surface area contributed by atoms with E-state index < -0.39 is 0 Å². The maximum atomic E-state index is 4.33. The Morgan fingerprint density at radius 3 is 2.94 bits per heavy atom. The van der Waals surface area contributed by atoms with Gasteiger partial charge in [0.15, 0.2) is 0 Å². The lowest BCUT2D eigenvalue weighted by atomic mass is 9.81. The lowest BCUT2D eigenvalue weighted by Crippen LogP contribution is -2.46. The second kappa shape index (κ2) is 4.09. The van der Waals surface area contributed by atoms with Crippen LogP contribution in [0.5, 0.6) is 0 Å². The Bertz CT molecular complexity index is 396. The average Bonchev–Trinajstić information content (AvgIpc) is 2.97. The Morgan fingerprint density at radius 2 is 2.29 bits per heavy atom. The molecule has 0 spiro atoms. The van der Waals surface area contributed by atoms with Crippen molar-refractivity contribution in [1.29, 1.82) is 0 Å². The van der Waals surface area contributed by atoms with Gasteiger partial charge in [-0.2, -0.15) is 0 Å². The van der Waals surface area contributed by atoms with Crippen molar-refractivity contribution in [1.82, 2.24) is 19.7 Å². The van der Waals surface area contributed by atoms with E-state index in [2.05, 4.69) is 33.6 Å². The van der Waals surface area contributed by atoms with Crippen molar-refractivity contribution in [3.8, 4) is 0 Å². The molecule has 3 rings (SSSR count). The molecule has 2 fully saturated rings. The number of aromatic nitrogens is 3. The smallest absolute Gasteiger partial charge is 0.139 e. The van der Waals surface area contributed by atoms with E-state index in [1.807, 2.05) is 6.33 Å². The topological polar surface area (TPSA) is 34.0 Å². The highest BCUT2D eigenvalue weighted by Crippen LogP contribution is 2.35. The van der Waals surface area contributed by atoms with Crippen LogP contribution in [0.2, 0.25) is 0 Å². The molecule has 1 aliphatic heterocycles. The van der Waals surface area contributed by atoms with Gasteiger partial charge in [0.05, 0.1) is 0 Å². The first kappa shape index (κ1) is 11.2. The van der Waals surface area contributed by atoms with Crippen LogP contribution in [0.1, 0.15) is 38.4 Å². The summed E-state index contributed by atoms with van der Waals surface area (Å²) in [6.07, 6.45) is 7.23. The fourth-order valence-electron chi connectivity index (χ4n) is 3.18. The second-order valence-electron chi connectivity index (χ2n) is 6.11. The molecule has 4 heteroatoms. The van der Waals surface area contributed by atoms with Gasteiger partial charge in [-0.1, -0.05) is 6.92 Å². The van der Waals surface area contributed by atoms with Crippen LogP contribution >= 0.6 is 0 Å². The number of aryl methyl sites for hydroxylation is 1. The predicted molar refractivity (Wildman–Crippen MR) is 66.8 cm³/mol. The van der Waals surface area contributed by atoms with E-state index in [-0.39, 0.29) is 5.41 Å². The van der Waals surface area contributed by atoms with E-state index in [1.54, 1.807) is 0 Å². The molecule has 1 atom stereocenters. The maximum absolute atomic E-state index is 4.33. The lowest BCUT2D eigenvalue weighted by Gasteiger charge is -2.39. The van der Waals surface area contributed by atoms with Gasteiger partial charge in [-0.3, -0.25) is 0 Å². The average molecular weight is 234 g/mol. The van der Waals surface area contributed by atoms with Crippen LogP contribution in [0, 0.1) is 5.92 Å². The monoisotopic (exact) mass is 234 g/mol. The van der Waals surface area contributed by atoms with Gasteiger partial charge in [-0.15, -0.1) is 10.2 Å². The fourth-order valence-corrected chi connectivity index (χ4v) is 3.18. The molecule has 0 radical (unpaired) electrons. The highest BCUT2D eigenvalue weighted by atomic mass is 15.3. The minimum absolute atomic E-state index is 0.193. The Morgan fingerprint density at radius 1 is 1.47 bits per heavy atom. The summed E-state index contributed by atoms with van der Waals surface area (Å²) in [6.45, 7) is 6.06. The lowest BCUT2D eigenvalue weighted by molar-refractivity contribution is 0.143. The largest absolute Gasteiger partial charge is 0.320 e. The van der Waals surface area contributed by atoms with Gasteiger partial charge in [0.1, 0.15) is 12.2 Å². The summed E-state index contributed by atoms with van der Waals surface area (Å²) >= 11 is 0. The molecule has 0 amide bonds. The number of hydrogen-bond donors (Lipinski definition) is 0. The molecular formula is C13H22N4. The van der Waals surface area contributed by atoms with Gasteiger partial charge in [0, 0.05) is 25.6 Å². The van der Waals surface area contributed by atoms with Crippen LogP contribution < -0.4 is 0 Å². The zero-order valence-corrected chi connectivity index (χ0v) is 10.9. The number of likely N-dealkylation sites (tertiary alicyclic amines) is 1. The third-order valence-electron chi connectivity index (χ3n) is 4.24. The van der Waals surface area contributed by atoms with E-state index >= 15 is 0 Å². The van der Waals surface area contributed by atoms with E-state index in [9.17, 15) is 0 Å². The normalized spacial score (nSPS) is 30.7. The molecule has 2 aliphatic rings. The highest BCUT2D eigenvalue weighted by molar-refractivity contribution is 5.09. The standard InChI is InChI=1S/C13H22N4/c1-13(12-15-14-10-16(12)2)6-3-7-17(9-13)8-11-4-5-11/h10-11H,3-9H2,1-2H3. The van der Waals surface area contributed by atoms with Crippen LogP contribution in [0.15, 0.2) is 6.33 Å². The molecule has 1 saturated heterocycles. The maximum Gasteiger partial charge on any atom is 0.139 e. The van der Waals surface area contributed by atoms with Crippen molar-refractivity contribution >= 4 is 0 Å². The zero-order valence-electron chi connectivity index (χ0n) is 10.9. The molecule has 1 aromatic heterocycles. The van der Waals surface area contributed by atoms with Gasteiger partial charge in [-0.05, 0) is 38.1 Å². The van der Waals surface area contributed by atoms with Gasteiger partial charge in [0.2, 0.25) is 0 Å². The molecule has 94 valence electrons. The summed E-state index contributed by atoms with van der Waals surface area (Å²) < 4.78 is 2.08. The highest BCUT2D eigenvalue weighted by Gasteiger charge is 2.37. The molecule has 0 bridgehead atoms. The summed E-state index contributed by atoms with van der Waals surface area (Å²) in [4.78, 5) is 2.63. The van der Waals surface area contributed by atoms with Crippen molar-refractivity contribution in [3.63, 3.8) is 0 Å². The minimum atomic E-state index is 0.193. The first-order valence-corrected chi connectivity index (χ1v) is 6.74. The van der Waals surface area contributed by atoms with E-state index in [0.29, 0.717) is 0 Å². The number of hydrogen-bond acceptors (Lipinski definition) is 3. The molecule has 1 unspecified atom stereocenters. The van der Waals surface area contributed by atoms with E-state index in [0.717, 1.165) is 18.3 Å². The molecule has 1 aromatic rings. The Labute approximate surface area is 103 Å². The molecule has 17 heavy (non-hydrogen) atoms. The molecule has 0 aromatic carbocycles. The first-order chi connectivity index (χ1) is 8.17. The summed E-state index contributed by atoms with van der Waals surface area (Å²) in [7, 11) is 2.06. The Balaban J connectivity index is 1.74. The number of piperidine rings is 1. The molecule has 4 nitrogen and oxygen atoms in total. The second-order valence-corrected chi connectivity index (χ2v) is 6.11. The third kappa shape index (κ3) is 2.23. The predicted octanol–water partition coefficient (Wildman–Crippen LogP) is 1.58. The number of rotatable bonds is 3. The van der Waals surface area contributed by atoms with Gasteiger partial charge in [0.25, 0.3) is 0 Å². The van der Waals surface area contributed by atoms with Crippen molar-refractivity contribution in [2.24, 2.45) is 13.0 Å². The van der Waals surface area contributed by atoms with Crippen molar-refractivity contribution in [2.75, 3.05) is 19.6 Å². The fraction of sp³-hybridized carbons (Fsp3) is 0.846. The molecule has 0 N–H and O–H groups in total. The first-order valence-electron chi connectivity index (χ1n) is 6.74. The van der Waals surface area contributed by atoms with Crippen molar-refractivity contribution in [2.45, 2.75) is 38.0 Å². The van der Waals surface area contributed by atoms with Crippen LogP contribution in [-0.4, -0.2) is 39.3 Å². The van der Waals surface area contributed by atoms with Gasteiger partial charge >= 0.3 is 0 Å². The summed E-state index contributed by atoms with van der Waals surface area (Å²) in [5.74, 6) is 2.13. The van der Waals surface area contributed by atoms with E-state index in [1.165, 1.54) is 38.8 Å². The molecule has 2 heterocycles. The zero-order chi connectivity index (χ0) is 11.9. The summed E-state index contributed by atoms with van der Waals surface area (Å²) in [6, 6.07) is 0. The summed E-state index contributed by atoms with van der Waals surface area (Å²) in [5.41, 5.74) is 0.193. The Kier molecular flexibility index (Phi) is 2.69. The molecule has 1 aliphatic carbocycles. The number of nitrogens with zero attached hydrogens (tertiary/aromatic N) is 4. The van der Waals surface area contributed by atoms with Crippen molar-refractivity contribution < 1.29 is 0 Å². The third-order valence-corrected chi connectivity index (χ3v) is 4.24. The Hall–Kier alpha value is -0.900. The van der Waals surface area contributed by atoms with Gasteiger partial charge < -0.3 is 9.47 Å². The van der Waals surface area contributed by atoms with Crippen LogP contribution in [-0.2, 0) is 12.5 Å². The summed E-state index contributed by atoms with van der Waals surface area (Å²) in [5, 5.41) is 8.36. The van der Waals surface area contributed by atoms with E-state index in [4.69, 9.17) is 0 Å².